The van der Waals surface area contributed by atoms with Gasteiger partial charge in [-0.05, 0) is 12.0 Å². The molecule has 0 radical (unpaired) electrons. The van der Waals surface area contributed by atoms with Crippen LogP contribution >= 0.6 is 0 Å². The minimum absolute atomic E-state index is 0.0237. The fourth-order valence-electron chi connectivity index (χ4n) is 2.76. The van der Waals surface area contributed by atoms with Crippen molar-refractivity contribution in [2.75, 3.05) is 6.54 Å². The number of benzene rings is 1. The fourth-order valence-corrected chi connectivity index (χ4v) is 2.76. The number of hydrogen-bond donors (Lipinski definition) is 1. The lowest BCUT2D eigenvalue weighted by Crippen LogP contribution is -2.38. The molecule has 100 valence electrons. The Hall–Kier alpha value is -2.04. The Morgan fingerprint density at radius 3 is 2.95 bits per heavy atom. The summed E-state index contributed by atoms with van der Waals surface area (Å²) >= 11 is 0. The van der Waals surface area contributed by atoms with Gasteiger partial charge in [-0.2, -0.15) is 0 Å². The van der Waals surface area contributed by atoms with Crippen LogP contribution in [0.1, 0.15) is 18.4 Å². The van der Waals surface area contributed by atoms with Gasteiger partial charge in [0.15, 0.2) is 0 Å². The van der Waals surface area contributed by atoms with E-state index in [2.05, 4.69) is 5.32 Å². The zero-order chi connectivity index (χ0) is 13.2. The van der Waals surface area contributed by atoms with E-state index in [1.807, 2.05) is 30.3 Å². The normalized spacial score (nSPS) is 25.1. The SMILES string of the molecule is O=C1C[C@@H]2[C@H](CCN2C(=O)OCc2ccccc2)N1. The molecule has 0 spiro atoms. The van der Waals surface area contributed by atoms with Gasteiger partial charge in [0.2, 0.25) is 5.91 Å². The highest BCUT2D eigenvalue weighted by atomic mass is 16.6. The van der Waals surface area contributed by atoms with Crippen molar-refractivity contribution in [2.45, 2.75) is 31.5 Å². The molecule has 1 aromatic carbocycles. The predicted octanol–water partition coefficient (Wildman–Crippen LogP) is 1.29. The first-order valence-electron chi connectivity index (χ1n) is 6.51. The molecular weight excluding hydrogens is 244 g/mol. The Labute approximate surface area is 111 Å². The van der Waals surface area contributed by atoms with Crippen molar-refractivity contribution >= 4 is 12.0 Å². The first-order valence-corrected chi connectivity index (χ1v) is 6.51. The number of carbonyl (C=O) groups is 2. The van der Waals surface area contributed by atoms with E-state index in [1.165, 1.54) is 0 Å². The van der Waals surface area contributed by atoms with Crippen LogP contribution < -0.4 is 5.32 Å². The van der Waals surface area contributed by atoms with Crippen molar-refractivity contribution in [2.24, 2.45) is 0 Å². The zero-order valence-electron chi connectivity index (χ0n) is 10.5. The first-order chi connectivity index (χ1) is 9.24. The summed E-state index contributed by atoms with van der Waals surface area (Å²) in [5.41, 5.74) is 0.965. The lowest BCUT2D eigenvalue weighted by molar-refractivity contribution is -0.119. The van der Waals surface area contributed by atoms with Crippen molar-refractivity contribution < 1.29 is 14.3 Å². The third-order valence-electron chi connectivity index (χ3n) is 3.73. The number of nitrogens with zero attached hydrogens (tertiary/aromatic N) is 1. The molecule has 1 N–H and O–H groups in total. The van der Waals surface area contributed by atoms with Crippen molar-refractivity contribution in [3.05, 3.63) is 35.9 Å². The van der Waals surface area contributed by atoms with E-state index in [9.17, 15) is 9.59 Å². The topological polar surface area (TPSA) is 58.6 Å². The molecule has 1 aromatic rings. The molecule has 2 saturated heterocycles. The Bertz CT molecular complexity index is 489. The fraction of sp³-hybridized carbons (Fsp3) is 0.429. The average Bonchev–Trinajstić information content (AvgIpc) is 2.96. The van der Waals surface area contributed by atoms with Crippen LogP contribution in [0.15, 0.2) is 30.3 Å². The lowest BCUT2D eigenvalue weighted by atomic mass is 10.1. The molecule has 0 aromatic heterocycles. The highest BCUT2D eigenvalue weighted by Gasteiger charge is 2.44. The summed E-state index contributed by atoms with van der Waals surface area (Å²) in [6, 6.07) is 9.66. The summed E-state index contributed by atoms with van der Waals surface area (Å²) in [6.07, 6.45) is 0.884. The van der Waals surface area contributed by atoms with Gasteiger partial charge in [-0.15, -0.1) is 0 Å². The van der Waals surface area contributed by atoms with Crippen LogP contribution in [0.25, 0.3) is 0 Å². The van der Waals surface area contributed by atoms with Gasteiger partial charge in [0, 0.05) is 13.0 Å². The molecule has 0 saturated carbocycles. The van der Waals surface area contributed by atoms with Crippen LogP contribution in [0.2, 0.25) is 0 Å². The van der Waals surface area contributed by atoms with Gasteiger partial charge < -0.3 is 15.0 Å². The Balaban J connectivity index is 1.58. The third kappa shape index (κ3) is 2.41. The van der Waals surface area contributed by atoms with Gasteiger partial charge in [0.1, 0.15) is 6.61 Å². The van der Waals surface area contributed by atoms with Crippen LogP contribution in [0, 0.1) is 0 Å². The minimum Gasteiger partial charge on any atom is -0.445 e. The van der Waals surface area contributed by atoms with Gasteiger partial charge in [-0.1, -0.05) is 30.3 Å². The Morgan fingerprint density at radius 2 is 2.16 bits per heavy atom. The molecular formula is C14H16N2O3. The van der Waals surface area contributed by atoms with Crippen LogP contribution in [0.5, 0.6) is 0 Å². The van der Waals surface area contributed by atoms with Gasteiger partial charge in [0.05, 0.1) is 12.1 Å². The molecule has 0 bridgehead atoms. The number of carbonyl (C=O) groups excluding carboxylic acids is 2. The largest absolute Gasteiger partial charge is 0.445 e. The smallest absolute Gasteiger partial charge is 0.410 e. The monoisotopic (exact) mass is 260 g/mol. The Kier molecular flexibility index (Phi) is 3.11. The first kappa shape index (κ1) is 12.0. The second-order valence-electron chi connectivity index (χ2n) is 4.97. The molecule has 0 aliphatic carbocycles. The van der Waals surface area contributed by atoms with Crippen LogP contribution in [-0.4, -0.2) is 35.5 Å². The minimum atomic E-state index is -0.326. The van der Waals surface area contributed by atoms with Crippen LogP contribution in [0.4, 0.5) is 4.79 Å². The second kappa shape index (κ2) is 4.91. The van der Waals surface area contributed by atoms with Gasteiger partial charge in [-0.25, -0.2) is 4.79 Å². The van der Waals surface area contributed by atoms with Crippen molar-refractivity contribution in [3.8, 4) is 0 Å². The van der Waals surface area contributed by atoms with E-state index in [-0.39, 0.29) is 30.7 Å². The molecule has 3 rings (SSSR count). The van der Waals surface area contributed by atoms with E-state index in [1.54, 1.807) is 4.90 Å². The van der Waals surface area contributed by atoms with E-state index >= 15 is 0 Å². The highest BCUT2D eigenvalue weighted by Crippen LogP contribution is 2.26. The van der Waals surface area contributed by atoms with Crippen molar-refractivity contribution in [1.82, 2.24) is 10.2 Å². The maximum Gasteiger partial charge on any atom is 0.410 e. The van der Waals surface area contributed by atoms with Crippen LogP contribution in [-0.2, 0) is 16.1 Å². The Morgan fingerprint density at radius 1 is 1.37 bits per heavy atom. The summed E-state index contributed by atoms with van der Waals surface area (Å²) in [5.74, 6) is 0.0237. The van der Waals surface area contributed by atoms with Crippen LogP contribution in [0.3, 0.4) is 0 Å². The number of ether oxygens (including phenoxy) is 1. The summed E-state index contributed by atoms with van der Waals surface area (Å²) in [4.78, 5) is 25.0. The highest BCUT2D eigenvalue weighted by molar-refractivity contribution is 5.81. The number of hydrogen-bond acceptors (Lipinski definition) is 3. The predicted molar refractivity (Wildman–Crippen MR) is 68.3 cm³/mol. The molecule has 2 aliphatic rings. The molecule has 5 nitrogen and oxygen atoms in total. The zero-order valence-corrected chi connectivity index (χ0v) is 10.5. The number of likely N-dealkylation sites (tertiary alicyclic amines) is 1. The summed E-state index contributed by atoms with van der Waals surface area (Å²) in [6.45, 7) is 0.929. The number of amides is 2. The summed E-state index contributed by atoms with van der Waals surface area (Å²) in [7, 11) is 0. The summed E-state index contributed by atoms with van der Waals surface area (Å²) < 4.78 is 5.30. The quantitative estimate of drug-likeness (QED) is 0.871. The van der Waals surface area contributed by atoms with E-state index in [0.29, 0.717) is 13.0 Å². The van der Waals surface area contributed by atoms with Crippen molar-refractivity contribution in [1.29, 1.82) is 0 Å². The second-order valence-corrected chi connectivity index (χ2v) is 4.97. The van der Waals surface area contributed by atoms with E-state index in [4.69, 9.17) is 4.74 Å². The van der Waals surface area contributed by atoms with Gasteiger partial charge >= 0.3 is 6.09 Å². The lowest BCUT2D eigenvalue weighted by Gasteiger charge is -2.21. The molecule has 2 fully saturated rings. The maximum absolute atomic E-state index is 12.0. The van der Waals surface area contributed by atoms with E-state index < -0.39 is 0 Å². The third-order valence-corrected chi connectivity index (χ3v) is 3.73. The molecule has 5 heteroatoms. The molecule has 2 aliphatic heterocycles. The molecule has 19 heavy (non-hydrogen) atoms. The maximum atomic E-state index is 12.0. The molecule has 2 atom stereocenters. The van der Waals surface area contributed by atoms with Gasteiger partial charge in [-0.3, -0.25) is 4.79 Å². The standard InChI is InChI=1S/C14H16N2O3/c17-13-8-12-11(15-13)6-7-16(12)14(18)19-9-10-4-2-1-3-5-10/h1-5,11-12H,6-9H2,(H,15,17)/t11-,12+/m0/s1. The van der Waals surface area contributed by atoms with E-state index in [0.717, 1.165) is 12.0 Å². The number of rotatable bonds is 2. The molecule has 2 heterocycles. The average molecular weight is 260 g/mol. The molecule has 2 amide bonds. The summed E-state index contributed by atoms with van der Waals surface area (Å²) in [5, 5.41) is 2.89. The van der Waals surface area contributed by atoms with Crippen molar-refractivity contribution in [3.63, 3.8) is 0 Å². The number of fused-ring (bicyclic) bond motifs is 1. The molecule has 0 unspecified atom stereocenters. The number of nitrogens with one attached hydrogen (secondary N) is 1. The van der Waals surface area contributed by atoms with Gasteiger partial charge in [0.25, 0.3) is 0 Å².